The molecule has 2 rings (SSSR count). The van der Waals surface area contributed by atoms with Crippen molar-refractivity contribution in [1.29, 1.82) is 0 Å². The lowest BCUT2D eigenvalue weighted by atomic mass is 10.1. The van der Waals surface area contributed by atoms with Gasteiger partial charge in [-0.15, -0.1) is 0 Å². The van der Waals surface area contributed by atoms with Crippen LogP contribution in [0.2, 0.25) is 0 Å². The summed E-state index contributed by atoms with van der Waals surface area (Å²) in [5.41, 5.74) is 2.74. The van der Waals surface area contributed by atoms with Crippen LogP contribution in [0.25, 0.3) is 0 Å². The summed E-state index contributed by atoms with van der Waals surface area (Å²) in [6.45, 7) is 0. The van der Waals surface area contributed by atoms with Crippen molar-refractivity contribution < 1.29 is 3.63 Å². The Balaban J connectivity index is 1.47. The van der Waals surface area contributed by atoms with Gasteiger partial charge in [-0.25, -0.2) is 3.63 Å². The standard InChI is InChI=1S/C18H20Br2OS2/c19-17-11-3-1-7-15(17)9-5-13-22-21-23-14-6-10-16-8-2-4-12-18(16)20/h1-4,7-8,11-12H,5-6,9-10,13-14H2. The minimum atomic E-state index is 1.03. The molecule has 0 aliphatic rings. The number of rotatable bonds is 10. The van der Waals surface area contributed by atoms with Crippen LogP contribution in [0.3, 0.4) is 0 Å². The summed E-state index contributed by atoms with van der Waals surface area (Å²) < 4.78 is 7.98. The predicted molar refractivity (Wildman–Crippen MR) is 111 cm³/mol. The van der Waals surface area contributed by atoms with E-state index in [1.807, 2.05) is 0 Å². The second kappa shape index (κ2) is 11.6. The van der Waals surface area contributed by atoms with Gasteiger partial charge in [0.2, 0.25) is 0 Å². The first-order chi connectivity index (χ1) is 11.3. The number of halogens is 2. The number of hydrogen-bond acceptors (Lipinski definition) is 3. The van der Waals surface area contributed by atoms with Gasteiger partial charge in [0.15, 0.2) is 0 Å². The fourth-order valence-electron chi connectivity index (χ4n) is 2.15. The third-order valence-electron chi connectivity index (χ3n) is 3.36. The van der Waals surface area contributed by atoms with Gasteiger partial charge in [-0.2, -0.15) is 0 Å². The lowest BCUT2D eigenvalue weighted by Crippen LogP contribution is -1.90. The smallest absolute Gasteiger partial charge is 0.0213 e. The molecule has 1 nitrogen and oxygen atoms in total. The molecule has 0 bridgehead atoms. The molecule has 23 heavy (non-hydrogen) atoms. The predicted octanol–water partition coefficient (Wildman–Crippen LogP) is 7.09. The summed E-state index contributed by atoms with van der Waals surface area (Å²) in [5.74, 6) is 2.05. The van der Waals surface area contributed by atoms with Crippen molar-refractivity contribution in [3.63, 3.8) is 0 Å². The van der Waals surface area contributed by atoms with Gasteiger partial charge in [0.05, 0.1) is 0 Å². The number of benzene rings is 2. The summed E-state index contributed by atoms with van der Waals surface area (Å²) in [6, 6.07) is 16.8. The van der Waals surface area contributed by atoms with Crippen molar-refractivity contribution in [2.75, 3.05) is 11.5 Å². The normalized spacial score (nSPS) is 10.9. The zero-order valence-electron chi connectivity index (χ0n) is 12.8. The molecule has 124 valence electrons. The molecule has 0 unspecified atom stereocenters. The van der Waals surface area contributed by atoms with Crippen LogP contribution < -0.4 is 0 Å². The van der Waals surface area contributed by atoms with Gasteiger partial charge in [0, 0.05) is 44.5 Å². The number of aryl methyl sites for hydroxylation is 2. The van der Waals surface area contributed by atoms with E-state index in [1.165, 1.54) is 20.1 Å². The third kappa shape index (κ3) is 7.65. The zero-order valence-corrected chi connectivity index (χ0v) is 17.6. The first-order valence-corrected chi connectivity index (χ1v) is 11.1. The molecule has 0 N–H and O–H groups in total. The third-order valence-corrected chi connectivity index (χ3v) is 6.59. The Labute approximate surface area is 164 Å². The molecule has 5 heteroatoms. The Kier molecular flexibility index (Phi) is 9.77. The molecule has 0 heterocycles. The molecule has 0 saturated heterocycles. The topological polar surface area (TPSA) is 9.23 Å². The van der Waals surface area contributed by atoms with Gasteiger partial charge in [0.25, 0.3) is 0 Å². The van der Waals surface area contributed by atoms with Crippen molar-refractivity contribution in [2.24, 2.45) is 0 Å². The molecule has 0 aromatic heterocycles. The first kappa shape index (κ1) is 19.4. The van der Waals surface area contributed by atoms with Crippen molar-refractivity contribution in [3.8, 4) is 0 Å². The molecule has 2 aromatic rings. The van der Waals surface area contributed by atoms with E-state index < -0.39 is 0 Å². The van der Waals surface area contributed by atoms with Crippen LogP contribution in [0.5, 0.6) is 0 Å². The second-order valence-electron chi connectivity index (χ2n) is 5.10. The van der Waals surface area contributed by atoms with E-state index in [-0.39, 0.29) is 0 Å². The fourth-order valence-corrected chi connectivity index (χ4v) is 4.45. The Morgan fingerprint density at radius 1 is 0.696 bits per heavy atom. The largest absolute Gasteiger partial charge is 0.247 e. The van der Waals surface area contributed by atoms with E-state index in [0.29, 0.717) is 0 Å². The molecular weight excluding hydrogens is 456 g/mol. The first-order valence-electron chi connectivity index (χ1n) is 7.65. The number of hydrogen-bond donors (Lipinski definition) is 0. The van der Waals surface area contributed by atoms with Crippen LogP contribution in [-0.2, 0) is 16.5 Å². The van der Waals surface area contributed by atoms with Crippen molar-refractivity contribution in [2.45, 2.75) is 25.7 Å². The highest BCUT2D eigenvalue weighted by molar-refractivity contribution is 9.10. The average molecular weight is 476 g/mol. The molecule has 0 aliphatic heterocycles. The van der Waals surface area contributed by atoms with Crippen molar-refractivity contribution in [1.82, 2.24) is 0 Å². The molecule has 0 saturated carbocycles. The maximum Gasteiger partial charge on any atom is 0.0213 e. The lowest BCUT2D eigenvalue weighted by molar-refractivity contribution is 0.743. The highest BCUT2D eigenvalue weighted by Crippen LogP contribution is 2.22. The molecule has 0 fully saturated rings. The van der Waals surface area contributed by atoms with Gasteiger partial charge < -0.3 is 0 Å². The zero-order chi connectivity index (χ0) is 16.3. The van der Waals surface area contributed by atoms with E-state index in [1.54, 1.807) is 24.1 Å². The molecule has 0 atom stereocenters. The van der Waals surface area contributed by atoms with E-state index >= 15 is 0 Å². The van der Waals surface area contributed by atoms with Gasteiger partial charge in [-0.05, 0) is 48.9 Å². The molecule has 0 aliphatic carbocycles. The summed E-state index contributed by atoms with van der Waals surface area (Å²) >= 11 is 10.3. The van der Waals surface area contributed by atoms with Gasteiger partial charge in [-0.1, -0.05) is 68.3 Å². The Morgan fingerprint density at radius 2 is 1.13 bits per heavy atom. The summed E-state index contributed by atoms with van der Waals surface area (Å²) in [4.78, 5) is 0. The monoisotopic (exact) mass is 474 g/mol. The lowest BCUT2D eigenvalue weighted by Gasteiger charge is -2.05. The maximum atomic E-state index is 5.58. The Hall–Kier alpha value is 0.0600. The SMILES string of the molecule is Brc1ccccc1CCCSOSCCCc1ccccc1Br. The second-order valence-corrected chi connectivity index (χ2v) is 8.64. The van der Waals surface area contributed by atoms with Gasteiger partial charge >= 0.3 is 0 Å². The average Bonchev–Trinajstić information content (AvgIpc) is 2.56. The van der Waals surface area contributed by atoms with E-state index in [2.05, 4.69) is 80.4 Å². The van der Waals surface area contributed by atoms with E-state index in [4.69, 9.17) is 3.63 Å². The van der Waals surface area contributed by atoms with Crippen LogP contribution in [0.15, 0.2) is 57.5 Å². The van der Waals surface area contributed by atoms with E-state index in [9.17, 15) is 0 Å². The molecular formula is C18H20Br2OS2. The highest BCUT2D eigenvalue weighted by Gasteiger charge is 2.00. The molecule has 0 radical (unpaired) electrons. The summed E-state index contributed by atoms with van der Waals surface area (Å²) in [5, 5.41) is 0. The minimum Gasteiger partial charge on any atom is -0.247 e. The van der Waals surface area contributed by atoms with Crippen LogP contribution in [0, 0.1) is 0 Å². The van der Waals surface area contributed by atoms with Crippen LogP contribution in [-0.4, -0.2) is 11.5 Å². The minimum absolute atomic E-state index is 1.03. The van der Waals surface area contributed by atoms with Crippen LogP contribution >= 0.6 is 55.9 Å². The maximum absolute atomic E-state index is 5.58. The van der Waals surface area contributed by atoms with Crippen molar-refractivity contribution in [3.05, 3.63) is 68.6 Å². The Bertz CT molecular complexity index is 541. The summed E-state index contributed by atoms with van der Waals surface area (Å²) in [6.07, 6.45) is 4.44. The summed E-state index contributed by atoms with van der Waals surface area (Å²) in [7, 11) is 0. The van der Waals surface area contributed by atoms with E-state index in [0.717, 1.165) is 37.2 Å². The van der Waals surface area contributed by atoms with Gasteiger partial charge in [0.1, 0.15) is 0 Å². The fraction of sp³-hybridized carbons (Fsp3) is 0.333. The quantitative estimate of drug-likeness (QED) is 0.268. The van der Waals surface area contributed by atoms with Crippen LogP contribution in [0.1, 0.15) is 24.0 Å². The Morgan fingerprint density at radius 3 is 1.57 bits per heavy atom. The van der Waals surface area contributed by atoms with Gasteiger partial charge in [-0.3, -0.25) is 0 Å². The molecule has 0 amide bonds. The molecule has 0 spiro atoms. The van der Waals surface area contributed by atoms with Crippen molar-refractivity contribution >= 4 is 55.9 Å². The highest BCUT2D eigenvalue weighted by atomic mass is 79.9. The molecule has 2 aromatic carbocycles. The van der Waals surface area contributed by atoms with Crippen LogP contribution in [0.4, 0.5) is 0 Å².